The number of pyridine rings is 1. The molecule has 160 valence electrons. The van der Waals surface area contributed by atoms with Gasteiger partial charge in [0.2, 0.25) is 5.95 Å². The molecule has 1 aliphatic rings. The van der Waals surface area contributed by atoms with Crippen LogP contribution in [0.25, 0.3) is 22.2 Å². The topological polar surface area (TPSA) is 82.5 Å². The molecular formula is C25H23N5O2. The molecule has 0 radical (unpaired) electrons. The van der Waals surface area contributed by atoms with Crippen LogP contribution in [-0.4, -0.2) is 57.1 Å². The molecule has 3 heterocycles. The molecule has 0 aliphatic carbocycles. The summed E-state index contributed by atoms with van der Waals surface area (Å²) in [5.74, 6) is -0.192. The zero-order valence-corrected chi connectivity index (χ0v) is 17.6. The molecule has 1 N–H and O–H groups in total. The number of benzene rings is 2. The van der Waals surface area contributed by atoms with Crippen LogP contribution in [0.3, 0.4) is 0 Å². The Hall–Kier alpha value is -3.84. The number of para-hydroxylation sites is 1. The van der Waals surface area contributed by atoms with Gasteiger partial charge in [-0.25, -0.2) is 19.7 Å². The number of carboxylic acids is 1. The van der Waals surface area contributed by atoms with Crippen molar-refractivity contribution < 1.29 is 9.90 Å². The molecule has 0 saturated carbocycles. The molecular weight excluding hydrogens is 402 g/mol. The lowest BCUT2D eigenvalue weighted by Crippen LogP contribution is -2.46. The van der Waals surface area contributed by atoms with Gasteiger partial charge in [-0.05, 0) is 12.1 Å². The van der Waals surface area contributed by atoms with E-state index in [9.17, 15) is 9.90 Å². The Labute approximate surface area is 186 Å². The van der Waals surface area contributed by atoms with Crippen LogP contribution >= 0.6 is 0 Å². The van der Waals surface area contributed by atoms with Crippen LogP contribution in [-0.2, 0) is 6.54 Å². The maximum atomic E-state index is 12.4. The monoisotopic (exact) mass is 425 g/mol. The maximum Gasteiger partial charge on any atom is 0.336 e. The van der Waals surface area contributed by atoms with Crippen molar-refractivity contribution in [3.05, 3.63) is 84.2 Å². The second-order valence-electron chi connectivity index (χ2n) is 7.81. The van der Waals surface area contributed by atoms with E-state index in [2.05, 4.69) is 19.8 Å². The molecule has 1 fully saturated rings. The van der Waals surface area contributed by atoms with E-state index in [0.29, 0.717) is 23.0 Å². The van der Waals surface area contributed by atoms with E-state index in [-0.39, 0.29) is 0 Å². The molecule has 0 atom stereocenters. The van der Waals surface area contributed by atoms with Gasteiger partial charge >= 0.3 is 5.97 Å². The number of hydrogen-bond acceptors (Lipinski definition) is 6. The number of anilines is 1. The lowest BCUT2D eigenvalue weighted by atomic mass is 9.96. The molecule has 32 heavy (non-hydrogen) atoms. The van der Waals surface area contributed by atoms with Gasteiger partial charge in [-0.2, -0.15) is 0 Å². The van der Waals surface area contributed by atoms with Crippen LogP contribution in [0, 0.1) is 0 Å². The highest BCUT2D eigenvalue weighted by molar-refractivity contribution is 6.05. The van der Waals surface area contributed by atoms with Crippen LogP contribution < -0.4 is 4.90 Å². The summed E-state index contributed by atoms with van der Waals surface area (Å²) in [5.41, 5.74) is 3.44. The predicted molar refractivity (Wildman–Crippen MR) is 124 cm³/mol. The Kier molecular flexibility index (Phi) is 5.47. The standard InChI is InChI=1S/C25H23N5O2/c31-24(32)22-19-9-4-5-10-21(19)28-23(18-7-2-1-3-8-18)20(22)17-29-13-15-30(16-14-29)25-26-11-6-12-27-25/h1-12H,13-17H2,(H,31,32). The number of fused-ring (bicyclic) bond motifs is 1. The number of rotatable bonds is 5. The molecule has 0 bridgehead atoms. The van der Waals surface area contributed by atoms with E-state index in [0.717, 1.165) is 48.9 Å². The molecule has 1 aliphatic heterocycles. The van der Waals surface area contributed by atoms with Gasteiger partial charge < -0.3 is 10.0 Å². The maximum absolute atomic E-state index is 12.4. The lowest BCUT2D eigenvalue weighted by molar-refractivity contribution is 0.0696. The molecule has 4 aromatic rings. The van der Waals surface area contributed by atoms with Gasteiger partial charge in [0.15, 0.2) is 0 Å². The highest BCUT2D eigenvalue weighted by Crippen LogP contribution is 2.31. The van der Waals surface area contributed by atoms with Crippen LogP contribution in [0.4, 0.5) is 5.95 Å². The summed E-state index contributed by atoms with van der Waals surface area (Å²) in [6.07, 6.45) is 3.50. The van der Waals surface area contributed by atoms with E-state index < -0.39 is 5.97 Å². The van der Waals surface area contributed by atoms with Crippen molar-refractivity contribution in [1.82, 2.24) is 19.9 Å². The van der Waals surface area contributed by atoms with Crippen molar-refractivity contribution in [2.45, 2.75) is 6.54 Å². The van der Waals surface area contributed by atoms with Crippen molar-refractivity contribution in [2.75, 3.05) is 31.1 Å². The van der Waals surface area contributed by atoms with Gasteiger partial charge in [-0.3, -0.25) is 4.90 Å². The quantitative estimate of drug-likeness (QED) is 0.522. The minimum absolute atomic E-state index is 0.336. The number of aromatic nitrogens is 3. The van der Waals surface area contributed by atoms with E-state index in [4.69, 9.17) is 4.98 Å². The first-order chi connectivity index (χ1) is 15.7. The Morgan fingerprint density at radius 3 is 2.28 bits per heavy atom. The first-order valence-electron chi connectivity index (χ1n) is 10.7. The zero-order valence-electron chi connectivity index (χ0n) is 17.6. The summed E-state index contributed by atoms with van der Waals surface area (Å²) in [6.45, 7) is 3.67. The molecule has 5 rings (SSSR count). The van der Waals surface area contributed by atoms with Gasteiger partial charge in [0.05, 0.1) is 16.8 Å². The highest BCUT2D eigenvalue weighted by Gasteiger charge is 2.25. The summed E-state index contributed by atoms with van der Waals surface area (Å²) in [6, 6.07) is 19.1. The summed E-state index contributed by atoms with van der Waals surface area (Å²) < 4.78 is 0. The predicted octanol–water partition coefficient (Wildman–Crippen LogP) is 3.71. The molecule has 0 unspecified atom stereocenters. The van der Waals surface area contributed by atoms with Crippen LogP contribution in [0.5, 0.6) is 0 Å². The molecule has 1 saturated heterocycles. The first kappa shape index (κ1) is 20.1. The van der Waals surface area contributed by atoms with Gasteiger partial charge in [-0.15, -0.1) is 0 Å². The van der Waals surface area contributed by atoms with Gasteiger partial charge in [-0.1, -0.05) is 48.5 Å². The Morgan fingerprint density at radius 1 is 0.875 bits per heavy atom. The van der Waals surface area contributed by atoms with E-state index in [1.165, 1.54) is 0 Å². The highest BCUT2D eigenvalue weighted by atomic mass is 16.4. The van der Waals surface area contributed by atoms with Crippen LogP contribution in [0.2, 0.25) is 0 Å². The normalized spacial score (nSPS) is 14.6. The molecule has 2 aromatic carbocycles. The largest absolute Gasteiger partial charge is 0.478 e. The summed E-state index contributed by atoms with van der Waals surface area (Å²) >= 11 is 0. The van der Waals surface area contributed by atoms with Gasteiger partial charge in [0, 0.05) is 61.6 Å². The van der Waals surface area contributed by atoms with E-state index in [1.807, 2.05) is 60.7 Å². The second-order valence-corrected chi connectivity index (χ2v) is 7.81. The second kappa shape index (κ2) is 8.72. The number of carboxylic acid groups (broad SMARTS) is 1. The number of nitrogens with zero attached hydrogens (tertiary/aromatic N) is 5. The molecule has 7 nitrogen and oxygen atoms in total. The fraction of sp³-hybridized carbons (Fsp3) is 0.200. The molecule has 2 aromatic heterocycles. The van der Waals surface area contributed by atoms with Crippen LogP contribution in [0.1, 0.15) is 15.9 Å². The summed E-state index contributed by atoms with van der Waals surface area (Å²) in [5, 5.41) is 10.9. The molecule has 0 amide bonds. The van der Waals surface area contributed by atoms with Crippen molar-refractivity contribution in [1.29, 1.82) is 0 Å². The molecule has 7 heteroatoms. The van der Waals surface area contributed by atoms with Crippen molar-refractivity contribution in [2.24, 2.45) is 0 Å². The average molecular weight is 425 g/mol. The Bertz CT molecular complexity index is 1240. The van der Waals surface area contributed by atoms with E-state index in [1.54, 1.807) is 12.4 Å². The SMILES string of the molecule is O=C(O)c1c(CN2CCN(c3ncccn3)CC2)c(-c2ccccc2)nc2ccccc12. The average Bonchev–Trinajstić information content (AvgIpc) is 2.85. The first-order valence-corrected chi connectivity index (χ1v) is 10.7. The fourth-order valence-electron chi connectivity index (χ4n) is 4.27. The third kappa shape index (κ3) is 3.90. The lowest BCUT2D eigenvalue weighted by Gasteiger charge is -2.35. The van der Waals surface area contributed by atoms with Crippen LogP contribution in [0.15, 0.2) is 73.1 Å². The Balaban J connectivity index is 1.51. The third-order valence-electron chi connectivity index (χ3n) is 5.84. The van der Waals surface area contributed by atoms with Gasteiger partial charge in [0.1, 0.15) is 0 Å². The minimum atomic E-state index is -0.924. The third-order valence-corrected chi connectivity index (χ3v) is 5.84. The van der Waals surface area contributed by atoms with Crippen molar-refractivity contribution >= 4 is 22.8 Å². The van der Waals surface area contributed by atoms with Gasteiger partial charge in [0.25, 0.3) is 0 Å². The molecule has 0 spiro atoms. The number of piperazine rings is 1. The number of carbonyl (C=O) groups is 1. The smallest absolute Gasteiger partial charge is 0.336 e. The Morgan fingerprint density at radius 2 is 1.56 bits per heavy atom. The van der Waals surface area contributed by atoms with Crippen molar-refractivity contribution in [3.63, 3.8) is 0 Å². The summed E-state index contributed by atoms with van der Waals surface area (Å²) in [7, 11) is 0. The minimum Gasteiger partial charge on any atom is -0.478 e. The zero-order chi connectivity index (χ0) is 21.9. The fourth-order valence-corrected chi connectivity index (χ4v) is 4.27. The number of aromatic carboxylic acids is 1. The van der Waals surface area contributed by atoms with E-state index >= 15 is 0 Å². The number of hydrogen-bond donors (Lipinski definition) is 1. The van der Waals surface area contributed by atoms with Crippen molar-refractivity contribution in [3.8, 4) is 11.3 Å². The summed E-state index contributed by atoms with van der Waals surface area (Å²) in [4.78, 5) is 30.5.